The van der Waals surface area contributed by atoms with Gasteiger partial charge in [0.2, 0.25) is 0 Å². The van der Waals surface area contributed by atoms with Crippen LogP contribution < -0.4 is 10.2 Å². The van der Waals surface area contributed by atoms with Crippen molar-refractivity contribution in [2.75, 3.05) is 23.3 Å². The molecule has 0 bridgehead atoms. The summed E-state index contributed by atoms with van der Waals surface area (Å²) in [4.78, 5) is 11.4. The summed E-state index contributed by atoms with van der Waals surface area (Å²) in [5.74, 6) is -0.559. The molecule has 0 aliphatic carbocycles. The Kier molecular flexibility index (Phi) is 5.69. The maximum absolute atomic E-state index is 15.0. The van der Waals surface area contributed by atoms with Crippen LogP contribution in [0.5, 0.6) is 0 Å². The number of anilines is 2. The van der Waals surface area contributed by atoms with Crippen molar-refractivity contribution >= 4 is 22.7 Å². The second-order valence-corrected chi connectivity index (χ2v) is 7.85. The van der Waals surface area contributed by atoms with Crippen LogP contribution in [0.15, 0.2) is 30.6 Å². The Morgan fingerprint density at radius 3 is 2.33 bits per heavy atom. The van der Waals surface area contributed by atoms with Crippen LogP contribution in [-0.4, -0.2) is 39.3 Å². The van der Waals surface area contributed by atoms with Crippen LogP contribution in [0.3, 0.4) is 0 Å². The maximum Gasteiger partial charge on any atom is 0.172 e. The first-order chi connectivity index (χ1) is 14.4. The van der Waals surface area contributed by atoms with Gasteiger partial charge in [-0.15, -0.1) is 0 Å². The highest BCUT2D eigenvalue weighted by Gasteiger charge is 2.31. The standard InChI is InChI=1S/C21H23F3N6/c1-12(2)27-20-21(29-18-11-26-25-10-17(18)28-20)30-7-5-13(6-8-30)19(24)15-4-3-14(22)9-16(15)23/h3-4,9-13,19H,5-8H2,1-2H3,(H,27,28). The summed E-state index contributed by atoms with van der Waals surface area (Å²) in [5.41, 5.74) is 1.19. The van der Waals surface area contributed by atoms with Gasteiger partial charge in [0.1, 0.15) is 28.8 Å². The van der Waals surface area contributed by atoms with Crippen LogP contribution >= 0.6 is 0 Å². The zero-order valence-corrected chi connectivity index (χ0v) is 16.8. The van der Waals surface area contributed by atoms with Gasteiger partial charge in [0, 0.05) is 30.8 Å². The number of rotatable bonds is 5. The maximum atomic E-state index is 15.0. The molecule has 6 nitrogen and oxygen atoms in total. The molecule has 2 aromatic heterocycles. The van der Waals surface area contributed by atoms with Crippen LogP contribution in [-0.2, 0) is 0 Å². The second kappa shape index (κ2) is 8.41. The van der Waals surface area contributed by atoms with Gasteiger partial charge in [0.15, 0.2) is 11.6 Å². The number of piperidine rings is 1. The van der Waals surface area contributed by atoms with Gasteiger partial charge in [-0.3, -0.25) is 0 Å². The van der Waals surface area contributed by atoms with E-state index in [1.165, 1.54) is 6.07 Å². The minimum Gasteiger partial charge on any atom is -0.365 e. The number of hydrogen-bond acceptors (Lipinski definition) is 6. The third-order valence-electron chi connectivity index (χ3n) is 5.30. The number of nitrogens with one attached hydrogen (secondary N) is 1. The molecule has 1 aliphatic heterocycles. The van der Waals surface area contributed by atoms with Crippen molar-refractivity contribution in [3.8, 4) is 0 Å². The van der Waals surface area contributed by atoms with Crippen molar-refractivity contribution in [3.05, 3.63) is 47.8 Å². The Bertz CT molecular complexity index is 1040. The van der Waals surface area contributed by atoms with Gasteiger partial charge in [-0.05, 0) is 38.7 Å². The summed E-state index contributed by atoms with van der Waals surface area (Å²) in [5, 5.41) is 11.0. The Morgan fingerprint density at radius 2 is 1.70 bits per heavy atom. The molecule has 9 heteroatoms. The first-order valence-corrected chi connectivity index (χ1v) is 10.0. The molecule has 30 heavy (non-hydrogen) atoms. The minimum atomic E-state index is -1.47. The van der Waals surface area contributed by atoms with Gasteiger partial charge in [0.25, 0.3) is 0 Å². The monoisotopic (exact) mass is 416 g/mol. The van der Waals surface area contributed by atoms with Crippen LogP contribution in [0.4, 0.5) is 24.8 Å². The topological polar surface area (TPSA) is 66.8 Å². The zero-order valence-electron chi connectivity index (χ0n) is 16.8. The molecule has 4 rings (SSSR count). The van der Waals surface area contributed by atoms with Crippen molar-refractivity contribution < 1.29 is 13.2 Å². The summed E-state index contributed by atoms with van der Waals surface area (Å²) in [6, 6.07) is 3.17. The van der Waals surface area contributed by atoms with Gasteiger partial charge in [-0.25, -0.2) is 23.1 Å². The highest BCUT2D eigenvalue weighted by atomic mass is 19.1. The first-order valence-electron chi connectivity index (χ1n) is 10.0. The highest BCUT2D eigenvalue weighted by Crippen LogP contribution is 2.37. The normalized spacial score (nSPS) is 16.3. The largest absolute Gasteiger partial charge is 0.365 e. The van der Waals surface area contributed by atoms with Crippen LogP contribution in [0.1, 0.15) is 38.4 Å². The molecule has 1 N–H and O–H groups in total. The average Bonchev–Trinajstić information content (AvgIpc) is 2.72. The molecule has 0 spiro atoms. The Balaban J connectivity index is 1.54. The quantitative estimate of drug-likeness (QED) is 0.663. The molecule has 1 unspecified atom stereocenters. The first kappa shape index (κ1) is 20.3. The van der Waals surface area contributed by atoms with Gasteiger partial charge in [-0.1, -0.05) is 6.07 Å². The highest BCUT2D eigenvalue weighted by molar-refractivity contribution is 5.79. The Labute approximate surface area is 172 Å². The summed E-state index contributed by atoms with van der Waals surface area (Å²) in [6.45, 7) is 5.13. The lowest BCUT2D eigenvalue weighted by Crippen LogP contribution is -2.36. The molecule has 1 aromatic carbocycles. The summed E-state index contributed by atoms with van der Waals surface area (Å²) >= 11 is 0. The van der Waals surface area contributed by atoms with Crippen molar-refractivity contribution in [1.82, 2.24) is 20.2 Å². The Hall–Kier alpha value is -2.97. The molecule has 0 amide bonds. The van der Waals surface area contributed by atoms with E-state index < -0.39 is 17.8 Å². The van der Waals surface area contributed by atoms with Gasteiger partial charge in [0.05, 0.1) is 12.4 Å². The number of alkyl halides is 1. The zero-order chi connectivity index (χ0) is 21.3. The van der Waals surface area contributed by atoms with E-state index in [1.807, 2.05) is 13.8 Å². The van der Waals surface area contributed by atoms with Gasteiger partial charge >= 0.3 is 0 Å². The van der Waals surface area contributed by atoms with Crippen molar-refractivity contribution in [2.24, 2.45) is 5.92 Å². The molecule has 3 aromatic rings. The number of fused-ring (bicyclic) bond motifs is 1. The predicted octanol–water partition coefficient (Wildman–Crippen LogP) is 4.45. The lowest BCUT2D eigenvalue weighted by Gasteiger charge is -2.35. The van der Waals surface area contributed by atoms with E-state index in [-0.39, 0.29) is 17.5 Å². The van der Waals surface area contributed by atoms with Crippen LogP contribution in [0, 0.1) is 17.6 Å². The number of hydrogen-bond donors (Lipinski definition) is 1. The van der Waals surface area contributed by atoms with Gasteiger partial charge in [-0.2, -0.15) is 10.2 Å². The summed E-state index contributed by atoms with van der Waals surface area (Å²) in [6.07, 6.45) is 2.70. The van der Waals surface area contributed by atoms with Crippen molar-refractivity contribution in [1.29, 1.82) is 0 Å². The van der Waals surface area contributed by atoms with Gasteiger partial charge < -0.3 is 10.2 Å². The third-order valence-corrected chi connectivity index (χ3v) is 5.30. The number of nitrogens with zero attached hydrogens (tertiary/aromatic N) is 5. The smallest absolute Gasteiger partial charge is 0.172 e. The Morgan fingerprint density at radius 1 is 1.03 bits per heavy atom. The van der Waals surface area contributed by atoms with Crippen molar-refractivity contribution in [2.45, 2.75) is 38.9 Å². The number of aromatic nitrogens is 4. The van der Waals surface area contributed by atoms with Crippen LogP contribution in [0.25, 0.3) is 11.0 Å². The minimum absolute atomic E-state index is 0.0823. The van der Waals surface area contributed by atoms with E-state index in [0.717, 1.165) is 12.1 Å². The van der Waals surface area contributed by atoms with E-state index >= 15 is 0 Å². The van der Waals surface area contributed by atoms with E-state index in [2.05, 4.69) is 25.4 Å². The fourth-order valence-corrected chi connectivity index (χ4v) is 3.79. The van der Waals surface area contributed by atoms with E-state index in [9.17, 15) is 13.2 Å². The number of benzene rings is 1. The molecular formula is C21H23F3N6. The predicted molar refractivity (Wildman–Crippen MR) is 109 cm³/mol. The molecule has 1 fully saturated rings. The fourth-order valence-electron chi connectivity index (χ4n) is 3.79. The number of halogens is 3. The molecule has 3 heterocycles. The molecular weight excluding hydrogens is 393 g/mol. The summed E-state index contributed by atoms with van der Waals surface area (Å²) < 4.78 is 42.1. The molecule has 0 radical (unpaired) electrons. The SMILES string of the molecule is CC(C)Nc1nc2cnncc2nc1N1CCC(C(F)c2ccc(F)cc2F)CC1. The molecule has 1 aliphatic rings. The third kappa shape index (κ3) is 4.15. The van der Waals surface area contributed by atoms with E-state index in [4.69, 9.17) is 4.98 Å². The lowest BCUT2D eigenvalue weighted by molar-refractivity contribution is 0.193. The molecule has 0 saturated carbocycles. The molecule has 158 valence electrons. The van der Waals surface area contributed by atoms with E-state index in [1.54, 1.807) is 12.4 Å². The van der Waals surface area contributed by atoms with E-state index in [0.29, 0.717) is 48.6 Å². The molecule has 1 atom stereocenters. The fraction of sp³-hybridized carbons (Fsp3) is 0.429. The van der Waals surface area contributed by atoms with Crippen molar-refractivity contribution in [3.63, 3.8) is 0 Å². The lowest BCUT2D eigenvalue weighted by atomic mass is 9.88. The van der Waals surface area contributed by atoms with Crippen LogP contribution in [0.2, 0.25) is 0 Å². The average molecular weight is 416 g/mol. The second-order valence-electron chi connectivity index (χ2n) is 7.85. The molecule has 1 saturated heterocycles. The summed E-state index contributed by atoms with van der Waals surface area (Å²) in [7, 11) is 0.